The van der Waals surface area contributed by atoms with Crippen molar-refractivity contribution in [1.82, 2.24) is 15.5 Å². The first kappa shape index (κ1) is 13.2. The predicted octanol–water partition coefficient (Wildman–Crippen LogP) is 1.61. The molecule has 1 heterocycles. The van der Waals surface area contributed by atoms with Crippen molar-refractivity contribution in [1.29, 1.82) is 0 Å². The van der Waals surface area contributed by atoms with Crippen molar-refractivity contribution in [3.63, 3.8) is 0 Å². The van der Waals surface area contributed by atoms with E-state index >= 15 is 0 Å². The maximum Gasteiger partial charge on any atom is 0.320 e. The van der Waals surface area contributed by atoms with Gasteiger partial charge in [-0.15, -0.1) is 0 Å². The van der Waals surface area contributed by atoms with Gasteiger partial charge in [-0.2, -0.15) is 4.98 Å². The zero-order valence-corrected chi connectivity index (χ0v) is 10.8. The summed E-state index contributed by atoms with van der Waals surface area (Å²) < 4.78 is 5.13. The molecular formula is C13H15N3O3. The minimum atomic E-state index is -0.915. The smallest absolute Gasteiger partial charge is 0.320 e. The van der Waals surface area contributed by atoms with Crippen molar-refractivity contribution < 1.29 is 14.4 Å². The molecule has 2 aromatic rings. The summed E-state index contributed by atoms with van der Waals surface area (Å²) in [5.74, 6) is -0.0503. The number of carboxylic acid groups (broad SMARTS) is 1. The van der Waals surface area contributed by atoms with Gasteiger partial charge in [0.05, 0.1) is 6.54 Å². The second-order valence-electron chi connectivity index (χ2n) is 4.32. The van der Waals surface area contributed by atoms with Gasteiger partial charge >= 0.3 is 5.97 Å². The highest BCUT2D eigenvalue weighted by Crippen LogP contribution is 2.17. The molecule has 0 aliphatic rings. The van der Waals surface area contributed by atoms with E-state index in [0.29, 0.717) is 11.7 Å². The highest BCUT2D eigenvalue weighted by atomic mass is 16.5. The van der Waals surface area contributed by atoms with E-state index in [-0.39, 0.29) is 6.54 Å². The molecule has 1 aromatic carbocycles. The molecule has 0 aliphatic carbocycles. The summed E-state index contributed by atoms with van der Waals surface area (Å²) >= 11 is 0. The summed E-state index contributed by atoms with van der Waals surface area (Å²) in [6.07, 6.45) is 0. The Morgan fingerprint density at radius 3 is 2.74 bits per heavy atom. The largest absolute Gasteiger partial charge is 0.480 e. The average Bonchev–Trinajstić information content (AvgIpc) is 2.85. The molecule has 0 saturated heterocycles. The second kappa shape index (κ2) is 5.62. The molecule has 1 atom stereocenters. The zero-order valence-electron chi connectivity index (χ0n) is 10.8. The monoisotopic (exact) mass is 261 g/mol. The lowest BCUT2D eigenvalue weighted by atomic mass is 10.1. The molecule has 0 aliphatic heterocycles. The molecule has 0 amide bonds. The van der Waals surface area contributed by atoms with Crippen LogP contribution in [0.5, 0.6) is 0 Å². The average molecular weight is 261 g/mol. The summed E-state index contributed by atoms with van der Waals surface area (Å²) in [5, 5.41) is 15.3. The molecule has 19 heavy (non-hydrogen) atoms. The number of benzene rings is 1. The van der Waals surface area contributed by atoms with Gasteiger partial charge in [0, 0.05) is 5.56 Å². The van der Waals surface area contributed by atoms with Crippen LogP contribution in [0, 0.1) is 6.92 Å². The Morgan fingerprint density at radius 2 is 2.11 bits per heavy atom. The van der Waals surface area contributed by atoms with Gasteiger partial charge in [0.25, 0.3) is 5.89 Å². The summed E-state index contributed by atoms with van der Waals surface area (Å²) in [4.78, 5) is 14.9. The lowest BCUT2D eigenvalue weighted by molar-refractivity contribution is -0.139. The predicted molar refractivity (Wildman–Crippen MR) is 68.4 cm³/mol. The first-order chi connectivity index (χ1) is 9.06. The maximum absolute atomic E-state index is 10.7. The summed E-state index contributed by atoms with van der Waals surface area (Å²) in [6, 6.07) is 7.08. The molecule has 2 rings (SSSR count). The van der Waals surface area contributed by atoms with Crippen LogP contribution in [0.15, 0.2) is 28.8 Å². The fourth-order valence-electron chi connectivity index (χ4n) is 1.47. The van der Waals surface area contributed by atoms with E-state index in [9.17, 15) is 4.79 Å². The van der Waals surface area contributed by atoms with Gasteiger partial charge in [-0.3, -0.25) is 10.1 Å². The molecule has 1 aromatic heterocycles. The number of carbonyl (C=O) groups is 1. The van der Waals surface area contributed by atoms with Gasteiger partial charge in [0.1, 0.15) is 6.04 Å². The number of hydrogen-bond donors (Lipinski definition) is 2. The number of aromatic nitrogens is 2. The Bertz CT molecular complexity index is 563. The Morgan fingerprint density at radius 1 is 1.42 bits per heavy atom. The van der Waals surface area contributed by atoms with E-state index < -0.39 is 12.0 Å². The van der Waals surface area contributed by atoms with Crippen LogP contribution in [0.25, 0.3) is 11.5 Å². The number of hydrogen-bond acceptors (Lipinski definition) is 5. The van der Waals surface area contributed by atoms with E-state index in [1.165, 1.54) is 0 Å². The van der Waals surface area contributed by atoms with Crippen LogP contribution in [0.4, 0.5) is 0 Å². The Hall–Kier alpha value is -2.21. The normalized spacial score (nSPS) is 12.3. The molecule has 6 heteroatoms. The Kier molecular flexibility index (Phi) is 3.91. The lowest BCUT2D eigenvalue weighted by Gasteiger charge is -2.05. The minimum absolute atomic E-state index is 0.253. The summed E-state index contributed by atoms with van der Waals surface area (Å²) in [6.45, 7) is 3.81. The fourth-order valence-corrected chi connectivity index (χ4v) is 1.47. The topological polar surface area (TPSA) is 88.2 Å². The van der Waals surface area contributed by atoms with Gasteiger partial charge < -0.3 is 9.63 Å². The standard InChI is InChI=1S/C13H15N3O3/c1-8-3-5-10(6-4-8)12-15-11(16-19-12)7-14-9(2)13(17)18/h3-6,9,14H,7H2,1-2H3,(H,17,18). The van der Waals surface area contributed by atoms with Crippen molar-refractivity contribution >= 4 is 5.97 Å². The van der Waals surface area contributed by atoms with Crippen LogP contribution in [-0.4, -0.2) is 27.3 Å². The molecule has 0 bridgehead atoms. The fraction of sp³-hybridized carbons (Fsp3) is 0.308. The highest BCUT2D eigenvalue weighted by Gasteiger charge is 2.13. The number of aliphatic carboxylic acids is 1. The van der Waals surface area contributed by atoms with E-state index in [1.54, 1.807) is 6.92 Å². The van der Waals surface area contributed by atoms with Crippen LogP contribution in [0.2, 0.25) is 0 Å². The van der Waals surface area contributed by atoms with Crippen LogP contribution in [0.1, 0.15) is 18.3 Å². The van der Waals surface area contributed by atoms with E-state index in [4.69, 9.17) is 9.63 Å². The van der Waals surface area contributed by atoms with Crippen molar-refractivity contribution in [2.24, 2.45) is 0 Å². The van der Waals surface area contributed by atoms with Crippen molar-refractivity contribution in [2.75, 3.05) is 0 Å². The van der Waals surface area contributed by atoms with Crippen LogP contribution < -0.4 is 5.32 Å². The molecule has 1 unspecified atom stereocenters. The minimum Gasteiger partial charge on any atom is -0.480 e. The van der Waals surface area contributed by atoms with Gasteiger partial charge in [-0.1, -0.05) is 22.9 Å². The second-order valence-corrected chi connectivity index (χ2v) is 4.32. The number of nitrogens with one attached hydrogen (secondary N) is 1. The number of aryl methyl sites for hydroxylation is 1. The molecule has 6 nitrogen and oxygen atoms in total. The number of nitrogens with zero attached hydrogens (tertiary/aromatic N) is 2. The van der Waals surface area contributed by atoms with Crippen molar-refractivity contribution in [3.05, 3.63) is 35.7 Å². The first-order valence-electron chi connectivity index (χ1n) is 5.92. The molecular weight excluding hydrogens is 246 g/mol. The lowest BCUT2D eigenvalue weighted by Crippen LogP contribution is -2.33. The third-order valence-corrected chi connectivity index (χ3v) is 2.70. The molecule has 0 spiro atoms. The van der Waals surface area contributed by atoms with Gasteiger partial charge in [0.2, 0.25) is 0 Å². The molecule has 0 fully saturated rings. The number of rotatable bonds is 5. The van der Waals surface area contributed by atoms with Crippen LogP contribution in [-0.2, 0) is 11.3 Å². The molecule has 2 N–H and O–H groups in total. The molecule has 0 saturated carbocycles. The summed E-state index contributed by atoms with van der Waals surface area (Å²) in [5.41, 5.74) is 2.00. The van der Waals surface area contributed by atoms with E-state index in [1.807, 2.05) is 31.2 Å². The molecule has 0 radical (unpaired) electrons. The molecule has 100 valence electrons. The number of carboxylic acids is 1. The maximum atomic E-state index is 10.7. The van der Waals surface area contributed by atoms with Gasteiger partial charge in [0.15, 0.2) is 5.82 Å². The SMILES string of the molecule is Cc1ccc(-c2nc(CNC(C)C(=O)O)no2)cc1. The third-order valence-electron chi connectivity index (χ3n) is 2.70. The van der Waals surface area contributed by atoms with Crippen molar-refractivity contribution in [2.45, 2.75) is 26.4 Å². The third kappa shape index (κ3) is 3.38. The Balaban J connectivity index is 2.03. The van der Waals surface area contributed by atoms with Crippen LogP contribution in [0.3, 0.4) is 0 Å². The van der Waals surface area contributed by atoms with Gasteiger partial charge in [-0.25, -0.2) is 0 Å². The van der Waals surface area contributed by atoms with Gasteiger partial charge in [-0.05, 0) is 26.0 Å². The zero-order chi connectivity index (χ0) is 13.8. The first-order valence-corrected chi connectivity index (χ1v) is 5.92. The van der Waals surface area contributed by atoms with E-state index in [0.717, 1.165) is 11.1 Å². The van der Waals surface area contributed by atoms with E-state index in [2.05, 4.69) is 15.5 Å². The van der Waals surface area contributed by atoms with Crippen molar-refractivity contribution in [3.8, 4) is 11.5 Å². The highest BCUT2D eigenvalue weighted by molar-refractivity contribution is 5.72. The quantitative estimate of drug-likeness (QED) is 0.850. The Labute approximate surface area is 110 Å². The van der Waals surface area contributed by atoms with Crippen LogP contribution >= 0.6 is 0 Å². The summed E-state index contributed by atoms with van der Waals surface area (Å²) in [7, 11) is 0.